The molecule has 1 atom stereocenters. The number of nitrogens with one attached hydrogen (secondary N) is 1. The van der Waals surface area contributed by atoms with Crippen molar-refractivity contribution < 1.29 is 5.11 Å². The molecular formula is C22H28N6O. The summed E-state index contributed by atoms with van der Waals surface area (Å²) in [6, 6.07) is 4.29. The van der Waals surface area contributed by atoms with Crippen LogP contribution in [-0.2, 0) is 6.61 Å². The van der Waals surface area contributed by atoms with E-state index in [0.717, 1.165) is 66.2 Å². The average molecular weight is 393 g/mol. The largest absolute Gasteiger partial charge is 0.390 e. The van der Waals surface area contributed by atoms with Gasteiger partial charge in [-0.3, -0.25) is 0 Å². The molecule has 5 rings (SSSR count). The minimum absolute atomic E-state index is 0.127. The molecule has 1 saturated carbocycles. The van der Waals surface area contributed by atoms with Gasteiger partial charge >= 0.3 is 0 Å². The lowest BCUT2D eigenvalue weighted by Crippen LogP contribution is -2.47. The summed E-state index contributed by atoms with van der Waals surface area (Å²) >= 11 is 0. The average Bonchev–Trinajstić information content (AvgIpc) is 3.36. The van der Waals surface area contributed by atoms with E-state index in [1.807, 2.05) is 25.3 Å². The number of nitrogens with two attached hydrogens (primary N) is 1. The predicted molar refractivity (Wildman–Crippen MR) is 113 cm³/mol. The molecule has 0 amide bonds. The maximum Gasteiger partial charge on any atom is 0.153 e. The van der Waals surface area contributed by atoms with E-state index in [1.165, 1.54) is 12.8 Å². The maximum atomic E-state index is 10.1. The molecule has 0 unspecified atom stereocenters. The Balaban J connectivity index is 1.48. The van der Waals surface area contributed by atoms with E-state index >= 15 is 0 Å². The first-order valence-corrected chi connectivity index (χ1v) is 10.5. The molecule has 4 N–H and O–H groups in total. The second kappa shape index (κ2) is 7.07. The van der Waals surface area contributed by atoms with E-state index in [2.05, 4.69) is 14.9 Å². The molecule has 2 fully saturated rings. The molecular weight excluding hydrogens is 364 g/mol. The maximum absolute atomic E-state index is 10.1. The Bertz CT molecular complexity index is 1040. The van der Waals surface area contributed by atoms with Gasteiger partial charge in [-0.1, -0.05) is 6.42 Å². The number of piperidine rings is 1. The van der Waals surface area contributed by atoms with Crippen LogP contribution in [0.25, 0.3) is 22.3 Å². The number of anilines is 1. The Morgan fingerprint density at radius 2 is 2.07 bits per heavy atom. The zero-order valence-corrected chi connectivity index (χ0v) is 16.9. The van der Waals surface area contributed by atoms with Crippen molar-refractivity contribution in [2.24, 2.45) is 11.1 Å². The number of hydrogen-bond acceptors (Lipinski definition) is 6. The summed E-state index contributed by atoms with van der Waals surface area (Å²) in [5.41, 5.74) is 10.8. The van der Waals surface area contributed by atoms with Crippen LogP contribution in [0.15, 0.2) is 24.5 Å². The normalized spacial score (nSPS) is 21.3. The van der Waals surface area contributed by atoms with Crippen LogP contribution in [0.2, 0.25) is 0 Å². The summed E-state index contributed by atoms with van der Waals surface area (Å²) in [7, 11) is 0. The fourth-order valence-corrected chi connectivity index (χ4v) is 5.27. The third-order valence-corrected chi connectivity index (χ3v) is 7.02. The van der Waals surface area contributed by atoms with Gasteiger partial charge in [0.2, 0.25) is 0 Å². The highest BCUT2D eigenvalue weighted by atomic mass is 16.3. The lowest BCUT2D eigenvalue weighted by molar-refractivity contribution is 0.196. The molecule has 1 spiro atoms. The van der Waals surface area contributed by atoms with Crippen LogP contribution >= 0.6 is 0 Å². The number of nitrogens with zero attached hydrogens (tertiary/aromatic N) is 4. The molecule has 3 aromatic rings. The van der Waals surface area contributed by atoms with E-state index in [4.69, 9.17) is 15.7 Å². The molecule has 3 aromatic heterocycles. The number of aromatic amines is 1. The van der Waals surface area contributed by atoms with Crippen LogP contribution < -0.4 is 10.6 Å². The van der Waals surface area contributed by atoms with Crippen LogP contribution in [0.5, 0.6) is 0 Å². The number of hydrogen-bond donors (Lipinski definition) is 3. The number of aromatic nitrogens is 4. The second-order valence-corrected chi connectivity index (χ2v) is 8.53. The Morgan fingerprint density at radius 3 is 2.79 bits per heavy atom. The first-order valence-electron chi connectivity index (χ1n) is 10.5. The summed E-state index contributed by atoms with van der Waals surface area (Å²) < 4.78 is 0. The number of aliphatic hydroxyl groups excluding tert-OH is 1. The minimum Gasteiger partial charge on any atom is -0.390 e. The fourth-order valence-electron chi connectivity index (χ4n) is 5.27. The van der Waals surface area contributed by atoms with E-state index in [0.29, 0.717) is 17.2 Å². The molecule has 29 heavy (non-hydrogen) atoms. The van der Waals surface area contributed by atoms with Crippen molar-refractivity contribution in [3.8, 4) is 11.3 Å². The van der Waals surface area contributed by atoms with Crippen LogP contribution in [0.3, 0.4) is 0 Å². The zero-order chi connectivity index (χ0) is 20.0. The van der Waals surface area contributed by atoms with Crippen molar-refractivity contribution in [1.29, 1.82) is 0 Å². The van der Waals surface area contributed by atoms with Crippen molar-refractivity contribution in [2.45, 2.75) is 51.7 Å². The van der Waals surface area contributed by atoms with Gasteiger partial charge in [-0.05, 0) is 50.2 Å². The van der Waals surface area contributed by atoms with E-state index in [1.54, 1.807) is 6.20 Å². The molecule has 7 heteroatoms. The predicted octanol–water partition coefficient (Wildman–Crippen LogP) is 2.92. The summed E-state index contributed by atoms with van der Waals surface area (Å²) in [6.45, 7) is 3.71. The number of aliphatic hydroxyl groups is 1. The molecule has 7 nitrogen and oxygen atoms in total. The van der Waals surface area contributed by atoms with Gasteiger partial charge in [-0.25, -0.2) is 15.0 Å². The Hall–Kier alpha value is -2.51. The van der Waals surface area contributed by atoms with Gasteiger partial charge in [0, 0.05) is 42.5 Å². The highest BCUT2D eigenvalue weighted by molar-refractivity contribution is 5.92. The number of rotatable bonds is 3. The first-order chi connectivity index (χ1) is 14.1. The van der Waals surface area contributed by atoms with Crippen molar-refractivity contribution in [3.05, 3.63) is 35.9 Å². The molecule has 1 aliphatic heterocycles. The monoisotopic (exact) mass is 392 g/mol. The Morgan fingerprint density at radius 1 is 1.24 bits per heavy atom. The van der Waals surface area contributed by atoms with E-state index < -0.39 is 0 Å². The number of aryl methyl sites for hydroxylation is 1. The van der Waals surface area contributed by atoms with Gasteiger partial charge in [0.1, 0.15) is 11.3 Å². The van der Waals surface area contributed by atoms with Crippen molar-refractivity contribution in [2.75, 3.05) is 18.0 Å². The molecule has 0 radical (unpaired) electrons. The first kappa shape index (κ1) is 18.5. The second-order valence-electron chi connectivity index (χ2n) is 8.53. The highest BCUT2D eigenvalue weighted by Gasteiger charge is 2.43. The Kier molecular flexibility index (Phi) is 4.52. The van der Waals surface area contributed by atoms with Gasteiger partial charge in [-0.2, -0.15) is 0 Å². The number of pyridine rings is 1. The van der Waals surface area contributed by atoms with Gasteiger partial charge in [-0.15, -0.1) is 0 Å². The fraction of sp³-hybridized carbons (Fsp3) is 0.500. The smallest absolute Gasteiger partial charge is 0.153 e. The van der Waals surface area contributed by atoms with Gasteiger partial charge in [0.15, 0.2) is 5.82 Å². The van der Waals surface area contributed by atoms with Crippen molar-refractivity contribution in [3.63, 3.8) is 0 Å². The number of fused-ring (bicyclic) bond motifs is 1. The molecule has 4 heterocycles. The molecule has 1 aliphatic carbocycles. The molecule has 2 aliphatic rings. The van der Waals surface area contributed by atoms with E-state index in [9.17, 15) is 5.11 Å². The third-order valence-electron chi connectivity index (χ3n) is 7.02. The van der Waals surface area contributed by atoms with Crippen LogP contribution in [0, 0.1) is 12.3 Å². The van der Waals surface area contributed by atoms with Gasteiger partial charge < -0.3 is 20.7 Å². The summed E-state index contributed by atoms with van der Waals surface area (Å²) in [5.74, 6) is 0.814. The van der Waals surface area contributed by atoms with Gasteiger partial charge in [0.25, 0.3) is 0 Å². The highest BCUT2D eigenvalue weighted by Crippen LogP contribution is 2.46. The molecule has 1 saturated heterocycles. The van der Waals surface area contributed by atoms with Crippen LogP contribution in [0.4, 0.5) is 5.82 Å². The van der Waals surface area contributed by atoms with E-state index in [-0.39, 0.29) is 6.61 Å². The quantitative estimate of drug-likeness (QED) is 0.633. The zero-order valence-electron chi connectivity index (χ0n) is 16.9. The Labute approximate surface area is 170 Å². The van der Waals surface area contributed by atoms with Crippen LogP contribution in [0.1, 0.15) is 43.5 Å². The minimum atomic E-state index is -0.127. The molecule has 0 aromatic carbocycles. The van der Waals surface area contributed by atoms with Crippen molar-refractivity contribution >= 4 is 16.9 Å². The number of H-pyrrole nitrogens is 1. The van der Waals surface area contributed by atoms with Gasteiger partial charge in [0.05, 0.1) is 18.0 Å². The summed E-state index contributed by atoms with van der Waals surface area (Å²) in [5, 5.41) is 11.1. The van der Waals surface area contributed by atoms with Crippen molar-refractivity contribution in [1.82, 2.24) is 19.9 Å². The molecule has 152 valence electrons. The topological polar surface area (TPSA) is 104 Å². The lowest BCUT2D eigenvalue weighted by atomic mass is 9.74. The summed E-state index contributed by atoms with van der Waals surface area (Å²) in [6.07, 6.45) is 9.48. The third kappa shape index (κ3) is 3.00. The van der Waals surface area contributed by atoms with Crippen LogP contribution in [-0.4, -0.2) is 44.2 Å². The summed E-state index contributed by atoms with van der Waals surface area (Å²) in [4.78, 5) is 19.5. The standard InChI is InChI=1S/C22H28N6O/c1-14-19(15-4-9-24-20-16(15)5-10-25-20)27-17(13-29)21(26-14)28-11-7-22(8-12-28)6-2-3-18(22)23/h4-5,9-10,18,29H,2-3,6-8,11-13,23H2,1H3,(H,24,25)/t18-/m1/s1. The lowest BCUT2D eigenvalue weighted by Gasteiger charge is -2.42. The molecule has 0 bridgehead atoms. The SMILES string of the molecule is Cc1nc(N2CCC3(CCC[C@H]3N)CC2)c(CO)nc1-c1ccnc2[nH]ccc12.